The Kier molecular flexibility index (Phi) is 3.63. The molecule has 0 bridgehead atoms. The number of carbonyl (C=O) groups excluding carboxylic acids is 1. The molecule has 1 aromatic carbocycles. The number of rotatable bonds is 5. The number of hydrogen-bond donors (Lipinski definition) is 1. The van der Waals surface area contributed by atoms with E-state index in [1.165, 1.54) is 11.3 Å². The highest BCUT2D eigenvalue weighted by atomic mass is 32.1. The summed E-state index contributed by atoms with van der Waals surface area (Å²) in [5.74, 6) is 0.996. The molecule has 0 saturated heterocycles. The van der Waals surface area contributed by atoms with Crippen molar-refractivity contribution in [2.45, 2.75) is 25.3 Å². The molecule has 1 amide bonds. The van der Waals surface area contributed by atoms with Crippen LogP contribution in [0.3, 0.4) is 0 Å². The first-order chi connectivity index (χ1) is 11.3. The van der Waals surface area contributed by atoms with Crippen LogP contribution in [0.2, 0.25) is 0 Å². The topological polar surface area (TPSA) is 80.9 Å². The van der Waals surface area contributed by atoms with Gasteiger partial charge < -0.3 is 9.84 Å². The summed E-state index contributed by atoms with van der Waals surface area (Å²) in [6.45, 7) is 0.328. The van der Waals surface area contributed by atoms with E-state index in [0.29, 0.717) is 18.2 Å². The predicted molar refractivity (Wildman–Crippen MR) is 85.0 cm³/mol. The molecular weight excluding hydrogens is 312 g/mol. The summed E-state index contributed by atoms with van der Waals surface area (Å²) in [4.78, 5) is 12.1. The number of aromatic nitrogens is 3. The fourth-order valence-corrected chi connectivity index (χ4v) is 3.01. The smallest absolute Gasteiger partial charge is 0.273 e. The molecule has 1 aliphatic rings. The minimum Gasteiger partial charge on any atom is -0.360 e. The molecule has 0 spiro atoms. The third-order valence-electron chi connectivity index (χ3n) is 3.63. The molecule has 4 rings (SSSR count). The second-order valence-electron chi connectivity index (χ2n) is 5.44. The average molecular weight is 326 g/mol. The predicted octanol–water partition coefficient (Wildman–Crippen LogP) is 3.00. The Morgan fingerprint density at radius 1 is 1.26 bits per heavy atom. The standard InChI is InChI=1S/C16H14N4O2S/c21-15(12-8-13(22-20-12)10-6-7-10)17-9-14-18-19-16(23-14)11-4-2-1-3-5-11/h1-5,8,10H,6-7,9H2,(H,17,21). The van der Waals surface area contributed by atoms with Crippen LogP contribution >= 0.6 is 11.3 Å². The Morgan fingerprint density at radius 3 is 2.87 bits per heavy atom. The van der Waals surface area contributed by atoms with Gasteiger partial charge in [0.15, 0.2) is 5.69 Å². The molecule has 1 aliphatic carbocycles. The van der Waals surface area contributed by atoms with Crippen LogP contribution in [0.25, 0.3) is 10.6 Å². The molecule has 0 aliphatic heterocycles. The van der Waals surface area contributed by atoms with Gasteiger partial charge in [0.2, 0.25) is 0 Å². The second-order valence-corrected chi connectivity index (χ2v) is 6.50. The van der Waals surface area contributed by atoms with E-state index in [-0.39, 0.29) is 5.91 Å². The fourth-order valence-electron chi connectivity index (χ4n) is 2.23. The third kappa shape index (κ3) is 3.14. The highest BCUT2D eigenvalue weighted by molar-refractivity contribution is 7.14. The van der Waals surface area contributed by atoms with Gasteiger partial charge in [-0.3, -0.25) is 4.79 Å². The van der Waals surface area contributed by atoms with Gasteiger partial charge in [-0.25, -0.2) is 0 Å². The van der Waals surface area contributed by atoms with Crippen molar-refractivity contribution < 1.29 is 9.32 Å². The molecule has 2 aromatic heterocycles. The first-order valence-corrected chi connectivity index (χ1v) is 8.24. The summed E-state index contributed by atoms with van der Waals surface area (Å²) in [6, 6.07) is 11.6. The lowest BCUT2D eigenvalue weighted by Crippen LogP contribution is -2.22. The highest BCUT2D eigenvalue weighted by Gasteiger charge is 2.28. The number of carbonyl (C=O) groups is 1. The lowest BCUT2D eigenvalue weighted by molar-refractivity contribution is 0.0941. The van der Waals surface area contributed by atoms with Gasteiger partial charge in [-0.1, -0.05) is 46.8 Å². The molecule has 1 fully saturated rings. The summed E-state index contributed by atoms with van der Waals surface area (Å²) in [6.07, 6.45) is 2.23. The monoisotopic (exact) mass is 326 g/mol. The van der Waals surface area contributed by atoms with Gasteiger partial charge in [0.25, 0.3) is 5.91 Å². The van der Waals surface area contributed by atoms with Crippen molar-refractivity contribution in [1.29, 1.82) is 0 Å². The van der Waals surface area contributed by atoms with Gasteiger partial charge in [0, 0.05) is 17.5 Å². The van der Waals surface area contributed by atoms with E-state index in [4.69, 9.17) is 4.52 Å². The van der Waals surface area contributed by atoms with Gasteiger partial charge in [-0.05, 0) is 12.8 Å². The molecule has 0 unspecified atom stereocenters. The summed E-state index contributed by atoms with van der Waals surface area (Å²) >= 11 is 1.46. The first-order valence-electron chi connectivity index (χ1n) is 7.42. The van der Waals surface area contributed by atoms with Gasteiger partial charge >= 0.3 is 0 Å². The normalized spacial score (nSPS) is 13.9. The Hall–Kier alpha value is -2.54. The summed E-state index contributed by atoms with van der Waals surface area (Å²) in [5, 5.41) is 16.5. The van der Waals surface area contributed by atoms with E-state index >= 15 is 0 Å². The van der Waals surface area contributed by atoms with Crippen LogP contribution in [-0.2, 0) is 6.54 Å². The number of benzene rings is 1. The third-order valence-corrected chi connectivity index (χ3v) is 4.60. The Morgan fingerprint density at radius 2 is 2.09 bits per heavy atom. The fraction of sp³-hybridized carbons (Fsp3) is 0.250. The molecule has 116 valence electrons. The van der Waals surface area contributed by atoms with Crippen LogP contribution in [0.15, 0.2) is 40.9 Å². The quantitative estimate of drug-likeness (QED) is 0.779. The van der Waals surface area contributed by atoms with Crippen LogP contribution in [0.4, 0.5) is 0 Å². The second kappa shape index (κ2) is 5.92. The molecule has 23 heavy (non-hydrogen) atoms. The van der Waals surface area contributed by atoms with Crippen molar-refractivity contribution in [1.82, 2.24) is 20.7 Å². The zero-order valence-electron chi connectivity index (χ0n) is 12.2. The summed E-state index contributed by atoms with van der Waals surface area (Å²) in [5.41, 5.74) is 1.34. The molecule has 7 heteroatoms. The van der Waals surface area contributed by atoms with Crippen molar-refractivity contribution in [2.24, 2.45) is 0 Å². The SMILES string of the molecule is O=C(NCc1nnc(-c2ccccc2)s1)c1cc(C2CC2)on1. The van der Waals surface area contributed by atoms with E-state index in [0.717, 1.165) is 34.2 Å². The van der Waals surface area contributed by atoms with Crippen LogP contribution < -0.4 is 5.32 Å². The number of nitrogens with one attached hydrogen (secondary N) is 1. The zero-order valence-corrected chi connectivity index (χ0v) is 13.0. The molecule has 0 atom stereocenters. The largest absolute Gasteiger partial charge is 0.360 e. The molecule has 6 nitrogen and oxygen atoms in total. The van der Waals surface area contributed by atoms with Gasteiger partial charge in [-0.15, -0.1) is 10.2 Å². The molecule has 0 radical (unpaired) electrons. The van der Waals surface area contributed by atoms with Crippen LogP contribution in [0.5, 0.6) is 0 Å². The van der Waals surface area contributed by atoms with Gasteiger partial charge in [0.1, 0.15) is 15.8 Å². The van der Waals surface area contributed by atoms with Crippen molar-refractivity contribution in [3.05, 3.63) is 52.9 Å². The Balaban J connectivity index is 1.38. The number of nitrogens with zero attached hydrogens (tertiary/aromatic N) is 3. The Bertz CT molecular complexity index is 823. The maximum absolute atomic E-state index is 12.1. The van der Waals surface area contributed by atoms with Crippen molar-refractivity contribution >= 4 is 17.2 Å². The summed E-state index contributed by atoms with van der Waals surface area (Å²) < 4.78 is 5.19. The van der Waals surface area contributed by atoms with E-state index in [9.17, 15) is 4.79 Å². The van der Waals surface area contributed by atoms with Crippen LogP contribution in [-0.4, -0.2) is 21.3 Å². The molecule has 1 saturated carbocycles. The van der Waals surface area contributed by atoms with Crippen molar-refractivity contribution in [2.75, 3.05) is 0 Å². The van der Waals surface area contributed by atoms with E-state index in [2.05, 4.69) is 20.7 Å². The van der Waals surface area contributed by atoms with Crippen LogP contribution in [0.1, 0.15) is 40.0 Å². The Labute approximate surface area is 136 Å². The van der Waals surface area contributed by atoms with Crippen molar-refractivity contribution in [3.8, 4) is 10.6 Å². The van der Waals surface area contributed by atoms with E-state index in [1.54, 1.807) is 6.07 Å². The lowest BCUT2D eigenvalue weighted by Gasteiger charge is -1.98. The van der Waals surface area contributed by atoms with Crippen LogP contribution in [0, 0.1) is 0 Å². The summed E-state index contributed by atoms with van der Waals surface area (Å²) in [7, 11) is 0. The minimum absolute atomic E-state index is 0.253. The van der Waals surface area contributed by atoms with Crippen molar-refractivity contribution in [3.63, 3.8) is 0 Å². The maximum atomic E-state index is 12.1. The lowest BCUT2D eigenvalue weighted by atomic mass is 10.2. The molecule has 1 N–H and O–H groups in total. The number of amides is 1. The zero-order chi connectivity index (χ0) is 15.6. The maximum Gasteiger partial charge on any atom is 0.273 e. The average Bonchev–Trinajstić information content (AvgIpc) is 3.14. The number of hydrogen-bond acceptors (Lipinski definition) is 6. The molecule has 2 heterocycles. The minimum atomic E-state index is -0.253. The first kappa shape index (κ1) is 14.1. The van der Waals surface area contributed by atoms with Gasteiger partial charge in [-0.2, -0.15) is 0 Å². The van der Waals surface area contributed by atoms with E-state index < -0.39 is 0 Å². The highest BCUT2D eigenvalue weighted by Crippen LogP contribution is 2.40. The molecule has 3 aromatic rings. The van der Waals surface area contributed by atoms with Gasteiger partial charge in [0.05, 0.1) is 6.54 Å². The molecular formula is C16H14N4O2S. The van der Waals surface area contributed by atoms with E-state index in [1.807, 2.05) is 30.3 Å².